The van der Waals surface area contributed by atoms with Crippen LogP contribution in [0.15, 0.2) is 18.2 Å². The van der Waals surface area contributed by atoms with Gasteiger partial charge in [-0.2, -0.15) is 0 Å². The van der Waals surface area contributed by atoms with Crippen molar-refractivity contribution in [3.8, 4) is 5.75 Å². The number of piperazine rings is 1. The lowest BCUT2D eigenvalue weighted by Crippen LogP contribution is -2.44. The Hall–Kier alpha value is -1.86. The number of likely N-dealkylation sites (N-methyl/N-ethyl adjacent to an activating group) is 1. The molecule has 0 spiro atoms. The Labute approximate surface area is 117 Å². The van der Waals surface area contributed by atoms with Crippen LogP contribution in [0.2, 0.25) is 0 Å². The van der Waals surface area contributed by atoms with E-state index in [0.717, 1.165) is 31.9 Å². The molecule has 0 amide bonds. The Morgan fingerprint density at radius 1 is 1.30 bits per heavy atom. The molecule has 1 saturated heterocycles. The monoisotopic (exact) mass is 281 g/mol. The van der Waals surface area contributed by atoms with Gasteiger partial charge in [0, 0.05) is 45.0 Å². The van der Waals surface area contributed by atoms with Crippen molar-refractivity contribution < 1.29 is 14.4 Å². The molecule has 7 heteroatoms. The minimum atomic E-state index is -0.426. The Kier molecular flexibility index (Phi) is 4.75. The highest BCUT2D eigenvalue weighted by molar-refractivity contribution is 5.60. The van der Waals surface area contributed by atoms with Gasteiger partial charge in [0.1, 0.15) is 0 Å². The summed E-state index contributed by atoms with van der Waals surface area (Å²) in [6.07, 6.45) is 0. The predicted octanol–water partition coefficient (Wildman–Crippen LogP) is 1.33. The maximum absolute atomic E-state index is 11.1. The highest BCUT2D eigenvalue weighted by Crippen LogP contribution is 2.32. The molecule has 20 heavy (non-hydrogen) atoms. The van der Waals surface area contributed by atoms with Gasteiger partial charge in [0.15, 0.2) is 12.5 Å². The third-order valence-electron chi connectivity index (χ3n) is 3.34. The second kappa shape index (κ2) is 6.53. The van der Waals surface area contributed by atoms with E-state index in [9.17, 15) is 10.1 Å². The van der Waals surface area contributed by atoms with Crippen LogP contribution in [-0.2, 0) is 4.74 Å². The van der Waals surface area contributed by atoms with Crippen LogP contribution in [0.1, 0.15) is 0 Å². The molecule has 110 valence electrons. The molecular formula is C13H19N3O4. The zero-order valence-electron chi connectivity index (χ0n) is 11.7. The van der Waals surface area contributed by atoms with Crippen molar-refractivity contribution in [2.24, 2.45) is 0 Å². The van der Waals surface area contributed by atoms with Crippen LogP contribution in [0.3, 0.4) is 0 Å². The number of hydrogen-bond acceptors (Lipinski definition) is 6. The summed E-state index contributed by atoms with van der Waals surface area (Å²) in [4.78, 5) is 15.1. The number of ether oxygens (including phenoxy) is 2. The zero-order valence-corrected chi connectivity index (χ0v) is 11.7. The number of hydrogen-bond donors (Lipinski definition) is 0. The first-order valence-corrected chi connectivity index (χ1v) is 6.45. The molecule has 1 aliphatic heterocycles. The van der Waals surface area contributed by atoms with Crippen LogP contribution in [-0.4, -0.2) is 57.0 Å². The topological polar surface area (TPSA) is 68.1 Å². The molecule has 2 rings (SSSR count). The predicted molar refractivity (Wildman–Crippen MR) is 75.3 cm³/mol. The van der Waals surface area contributed by atoms with Crippen LogP contribution < -0.4 is 9.64 Å². The summed E-state index contributed by atoms with van der Waals surface area (Å²) in [6, 6.07) is 5.05. The summed E-state index contributed by atoms with van der Waals surface area (Å²) in [5, 5.41) is 11.1. The molecule has 0 radical (unpaired) electrons. The number of nitro benzene ring substituents is 1. The summed E-state index contributed by atoms with van der Waals surface area (Å²) in [5.41, 5.74) is 0.827. The number of methoxy groups -OCH3 is 1. The van der Waals surface area contributed by atoms with Gasteiger partial charge in [-0.3, -0.25) is 10.1 Å². The van der Waals surface area contributed by atoms with E-state index in [1.807, 2.05) is 6.07 Å². The van der Waals surface area contributed by atoms with Crippen molar-refractivity contribution in [3.05, 3.63) is 28.3 Å². The van der Waals surface area contributed by atoms with Gasteiger partial charge in [-0.05, 0) is 19.2 Å². The SMILES string of the molecule is COCOc1ccc(N2CCN(C)CC2)cc1[N+](=O)[O-]. The Balaban J connectivity index is 2.19. The quantitative estimate of drug-likeness (QED) is 0.461. The maximum atomic E-state index is 11.1. The van der Waals surface area contributed by atoms with Crippen molar-refractivity contribution in [3.63, 3.8) is 0 Å². The molecule has 7 nitrogen and oxygen atoms in total. The maximum Gasteiger partial charge on any atom is 0.313 e. The van der Waals surface area contributed by atoms with E-state index in [4.69, 9.17) is 9.47 Å². The Morgan fingerprint density at radius 3 is 2.60 bits per heavy atom. The second-order valence-corrected chi connectivity index (χ2v) is 4.75. The summed E-state index contributed by atoms with van der Waals surface area (Å²) in [6.45, 7) is 3.64. The van der Waals surface area contributed by atoms with Gasteiger partial charge in [0.25, 0.3) is 0 Å². The molecule has 0 aromatic heterocycles. The van der Waals surface area contributed by atoms with E-state index < -0.39 is 4.92 Å². The molecule has 1 aromatic rings. The lowest BCUT2D eigenvalue weighted by atomic mass is 10.2. The van der Waals surface area contributed by atoms with Crippen LogP contribution in [0.4, 0.5) is 11.4 Å². The first-order valence-electron chi connectivity index (χ1n) is 6.45. The van der Waals surface area contributed by atoms with Crippen molar-refractivity contribution in [1.29, 1.82) is 0 Å². The van der Waals surface area contributed by atoms with Gasteiger partial charge in [-0.25, -0.2) is 0 Å². The van der Waals surface area contributed by atoms with Crippen LogP contribution in [0, 0.1) is 10.1 Å². The van der Waals surface area contributed by atoms with E-state index in [0.29, 0.717) is 0 Å². The first kappa shape index (κ1) is 14.5. The standard InChI is InChI=1S/C13H19N3O4/c1-14-5-7-15(8-6-14)11-3-4-13(20-10-19-2)12(9-11)16(17)18/h3-4,9H,5-8,10H2,1-2H3. The van der Waals surface area contributed by atoms with Gasteiger partial charge < -0.3 is 19.3 Å². The first-order chi connectivity index (χ1) is 9.61. The van der Waals surface area contributed by atoms with E-state index >= 15 is 0 Å². The smallest absolute Gasteiger partial charge is 0.313 e. The normalized spacial score (nSPS) is 16.2. The summed E-state index contributed by atoms with van der Waals surface area (Å²) in [5.74, 6) is 0.231. The highest BCUT2D eigenvalue weighted by atomic mass is 16.7. The number of nitrogens with zero attached hydrogens (tertiary/aromatic N) is 3. The van der Waals surface area contributed by atoms with Gasteiger partial charge in [0.05, 0.1) is 4.92 Å². The van der Waals surface area contributed by atoms with Gasteiger partial charge >= 0.3 is 5.69 Å². The van der Waals surface area contributed by atoms with Gasteiger partial charge in [-0.1, -0.05) is 0 Å². The molecule has 0 unspecified atom stereocenters. The minimum Gasteiger partial charge on any atom is -0.460 e. The molecule has 1 fully saturated rings. The average Bonchev–Trinajstić information content (AvgIpc) is 2.45. The van der Waals surface area contributed by atoms with Crippen LogP contribution >= 0.6 is 0 Å². The number of benzene rings is 1. The second-order valence-electron chi connectivity index (χ2n) is 4.75. The van der Waals surface area contributed by atoms with E-state index in [1.165, 1.54) is 7.11 Å². The summed E-state index contributed by atoms with van der Waals surface area (Å²) >= 11 is 0. The fraction of sp³-hybridized carbons (Fsp3) is 0.538. The zero-order chi connectivity index (χ0) is 14.5. The van der Waals surface area contributed by atoms with Crippen LogP contribution in [0.5, 0.6) is 5.75 Å². The van der Waals surface area contributed by atoms with Crippen LogP contribution in [0.25, 0.3) is 0 Å². The fourth-order valence-electron chi connectivity index (χ4n) is 2.15. The lowest BCUT2D eigenvalue weighted by molar-refractivity contribution is -0.386. The number of nitro groups is 1. The largest absolute Gasteiger partial charge is 0.460 e. The molecule has 1 aromatic carbocycles. The van der Waals surface area contributed by atoms with E-state index in [2.05, 4.69) is 16.8 Å². The minimum absolute atomic E-state index is 0.00526. The number of anilines is 1. The Morgan fingerprint density at radius 2 is 2.00 bits per heavy atom. The lowest BCUT2D eigenvalue weighted by Gasteiger charge is -2.34. The molecule has 0 bridgehead atoms. The average molecular weight is 281 g/mol. The van der Waals surface area contributed by atoms with Crippen molar-refractivity contribution in [1.82, 2.24) is 4.90 Å². The fourth-order valence-corrected chi connectivity index (χ4v) is 2.15. The Bertz CT molecular complexity index is 473. The summed E-state index contributed by atoms with van der Waals surface area (Å²) < 4.78 is 9.99. The van der Waals surface area contributed by atoms with Crippen molar-refractivity contribution in [2.45, 2.75) is 0 Å². The molecule has 1 aliphatic rings. The third-order valence-corrected chi connectivity index (χ3v) is 3.34. The summed E-state index contributed by atoms with van der Waals surface area (Å²) in [7, 11) is 3.55. The van der Waals surface area contributed by atoms with Crippen molar-refractivity contribution >= 4 is 11.4 Å². The molecule has 1 heterocycles. The molecule has 0 atom stereocenters. The molecule has 0 N–H and O–H groups in total. The van der Waals surface area contributed by atoms with Gasteiger partial charge in [-0.15, -0.1) is 0 Å². The molecular weight excluding hydrogens is 262 g/mol. The van der Waals surface area contributed by atoms with Crippen molar-refractivity contribution in [2.75, 3.05) is 52.0 Å². The van der Waals surface area contributed by atoms with Gasteiger partial charge in [0.2, 0.25) is 0 Å². The van der Waals surface area contributed by atoms with E-state index in [-0.39, 0.29) is 18.2 Å². The molecule has 0 saturated carbocycles. The third kappa shape index (κ3) is 3.37. The number of rotatable bonds is 5. The van der Waals surface area contributed by atoms with E-state index in [1.54, 1.807) is 12.1 Å². The molecule has 0 aliphatic carbocycles. The highest BCUT2D eigenvalue weighted by Gasteiger charge is 2.20.